The zero-order chi connectivity index (χ0) is 21.8. The summed E-state index contributed by atoms with van der Waals surface area (Å²) < 4.78 is 21.7. The molecule has 7 nitrogen and oxygen atoms in total. The maximum atomic E-state index is 12.5. The second-order valence-electron chi connectivity index (χ2n) is 7.19. The molecule has 1 unspecified atom stereocenters. The van der Waals surface area contributed by atoms with E-state index in [0.29, 0.717) is 18.2 Å². The smallest absolute Gasteiger partial charge is 0.255 e. The molecule has 0 radical (unpaired) electrons. The SMILES string of the molecule is COc1cccc(COC(C)C(=O)Nc2nc(C)c(Cc3ccc4c(c3)OCO4)s2)c1. The van der Waals surface area contributed by atoms with Crippen LogP contribution in [0, 0.1) is 6.92 Å². The van der Waals surface area contributed by atoms with Crippen molar-refractivity contribution in [2.75, 3.05) is 19.2 Å². The Hall–Kier alpha value is -3.10. The van der Waals surface area contributed by atoms with Gasteiger partial charge in [0.05, 0.1) is 19.4 Å². The minimum atomic E-state index is -0.618. The van der Waals surface area contributed by atoms with E-state index in [1.165, 1.54) is 11.3 Å². The zero-order valence-corrected chi connectivity index (χ0v) is 18.5. The minimum Gasteiger partial charge on any atom is -0.497 e. The number of nitrogens with one attached hydrogen (secondary N) is 1. The average molecular weight is 441 g/mol. The maximum Gasteiger partial charge on any atom is 0.255 e. The summed E-state index contributed by atoms with van der Waals surface area (Å²) in [6.07, 6.45) is 0.0884. The summed E-state index contributed by atoms with van der Waals surface area (Å²) in [5, 5.41) is 3.43. The van der Waals surface area contributed by atoms with E-state index >= 15 is 0 Å². The number of benzene rings is 2. The molecule has 1 N–H and O–H groups in total. The van der Waals surface area contributed by atoms with Crippen LogP contribution < -0.4 is 19.5 Å². The molecule has 31 heavy (non-hydrogen) atoms. The molecular formula is C23H24N2O5S. The Labute approximate surface area is 184 Å². The van der Waals surface area contributed by atoms with Gasteiger partial charge in [-0.15, -0.1) is 11.3 Å². The molecule has 1 aromatic heterocycles. The van der Waals surface area contributed by atoms with Crippen LogP contribution in [-0.4, -0.2) is 30.9 Å². The Balaban J connectivity index is 1.34. The highest BCUT2D eigenvalue weighted by atomic mass is 32.1. The largest absolute Gasteiger partial charge is 0.497 e. The molecule has 1 aliphatic rings. The number of rotatable bonds is 8. The molecule has 0 spiro atoms. The number of methoxy groups -OCH3 is 1. The molecule has 0 saturated heterocycles. The van der Waals surface area contributed by atoms with Crippen molar-refractivity contribution in [3.63, 3.8) is 0 Å². The van der Waals surface area contributed by atoms with Crippen molar-refractivity contribution >= 4 is 22.4 Å². The quantitative estimate of drug-likeness (QED) is 0.562. The highest BCUT2D eigenvalue weighted by Gasteiger charge is 2.18. The minimum absolute atomic E-state index is 0.230. The van der Waals surface area contributed by atoms with Crippen LogP contribution in [0.2, 0.25) is 0 Å². The fraction of sp³-hybridized carbons (Fsp3) is 0.304. The third-order valence-electron chi connectivity index (χ3n) is 4.93. The predicted octanol–water partition coefficient (Wildman–Crippen LogP) is 4.32. The lowest BCUT2D eigenvalue weighted by molar-refractivity contribution is -0.127. The van der Waals surface area contributed by atoms with Crippen molar-refractivity contribution < 1.29 is 23.7 Å². The summed E-state index contributed by atoms with van der Waals surface area (Å²) >= 11 is 1.47. The first-order valence-electron chi connectivity index (χ1n) is 9.92. The lowest BCUT2D eigenvalue weighted by atomic mass is 10.1. The van der Waals surface area contributed by atoms with E-state index in [0.717, 1.165) is 38.9 Å². The van der Waals surface area contributed by atoms with Gasteiger partial charge in [0.2, 0.25) is 6.79 Å². The molecule has 8 heteroatoms. The maximum absolute atomic E-state index is 12.5. The average Bonchev–Trinajstić information content (AvgIpc) is 3.38. The summed E-state index contributed by atoms with van der Waals surface area (Å²) in [4.78, 5) is 18.1. The Morgan fingerprint density at radius 1 is 1.19 bits per heavy atom. The standard InChI is InChI=1S/C23H24N2O5S/c1-14-21(11-16-7-8-19-20(10-16)30-13-29-19)31-23(24-14)25-22(26)15(2)28-12-17-5-4-6-18(9-17)27-3/h4-10,15H,11-13H2,1-3H3,(H,24,25,26). The van der Waals surface area contributed by atoms with Gasteiger partial charge in [-0.3, -0.25) is 10.1 Å². The van der Waals surface area contributed by atoms with Crippen LogP contribution in [0.5, 0.6) is 17.2 Å². The highest BCUT2D eigenvalue weighted by Crippen LogP contribution is 2.34. The van der Waals surface area contributed by atoms with Gasteiger partial charge < -0.3 is 18.9 Å². The number of aryl methyl sites for hydroxylation is 1. The van der Waals surface area contributed by atoms with Crippen LogP contribution in [-0.2, 0) is 22.6 Å². The van der Waals surface area contributed by atoms with E-state index < -0.39 is 6.10 Å². The molecule has 2 heterocycles. The van der Waals surface area contributed by atoms with Crippen molar-refractivity contribution in [2.24, 2.45) is 0 Å². The van der Waals surface area contributed by atoms with Crippen LogP contribution in [0.25, 0.3) is 0 Å². The van der Waals surface area contributed by atoms with Gasteiger partial charge in [0, 0.05) is 11.3 Å². The van der Waals surface area contributed by atoms with E-state index in [-0.39, 0.29) is 12.7 Å². The molecule has 1 amide bonds. The number of aromatic nitrogens is 1. The van der Waals surface area contributed by atoms with Gasteiger partial charge in [0.25, 0.3) is 5.91 Å². The Morgan fingerprint density at radius 2 is 2.03 bits per heavy atom. The normalized spacial score (nSPS) is 13.1. The van der Waals surface area contributed by atoms with E-state index in [9.17, 15) is 4.79 Å². The number of amides is 1. The molecule has 3 aromatic rings. The van der Waals surface area contributed by atoms with Gasteiger partial charge >= 0.3 is 0 Å². The van der Waals surface area contributed by atoms with Crippen LogP contribution in [0.1, 0.15) is 28.6 Å². The molecule has 162 valence electrons. The molecule has 0 saturated carbocycles. The van der Waals surface area contributed by atoms with Crippen molar-refractivity contribution in [3.05, 3.63) is 64.2 Å². The van der Waals surface area contributed by atoms with E-state index in [1.54, 1.807) is 14.0 Å². The van der Waals surface area contributed by atoms with Gasteiger partial charge in [0.1, 0.15) is 11.9 Å². The molecular weight excluding hydrogens is 416 g/mol. The van der Waals surface area contributed by atoms with Gasteiger partial charge in [-0.25, -0.2) is 4.98 Å². The monoisotopic (exact) mass is 440 g/mol. The van der Waals surface area contributed by atoms with Crippen molar-refractivity contribution in [1.29, 1.82) is 0 Å². The first-order valence-corrected chi connectivity index (χ1v) is 10.7. The van der Waals surface area contributed by atoms with Crippen LogP contribution in [0.4, 0.5) is 5.13 Å². The number of anilines is 1. The van der Waals surface area contributed by atoms with Crippen molar-refractivity contribution in [1.82, 2.24) is 4.98 Å². The summed E-state index contributed by atoms with van der Waals surface area (Å²) in [6, 6.07) is 13.5. The number of hydrogen-bond acceptors (Lipinski definition) is 7. The Morgan fingerprint density at radius 3 is 2.87 bits per heavy atom. The summed E-state index contributed by atoms with van der Waals surface area (Å²) in [5.74, 6) is 2.05. The molecule has 1 atom stereocenters. The summed E-state index contributed by atoms with van der Waals surface area (Å²) in [6.45, 7) is 4.24. The molecule has 0 fully saturated rings. The topological polar surface area (TPSA) is 78.9 Å². The Bertz CT molecular complexity index is 1080. The zero-order valence-electron chi connectivity index (χ0n) is 17.6. The van der Waals surface area contributed by atoms with Crippen LogP contribution >= 0.6 is 11.3 Å². The number of thiazole rings is 1. The summed E-state index contributed by atoms with van der Waals surface area (Å²) in [7, 11) is 1.62. The fourth-order valence-corrected chi connectivity index (χ4v) is 4.15. The number of hydrogen-bond donors (Lipinski definition) is 1. The number of carbonyl (C=O) groups is 1. The van der Waals surface area contributed by atoms with Crippen LogP contribution in [0.15, 0.2) is 42.5 Å². The second-order valence-corrected chi connectivity index (χ2v) is 8.27. The Kier molecular flexibility index (Phi) is 6.39. The summed E-state index contributed by atoms with van der Waals surface area (Å²) in [5.41, 5.74) is 2.93. The van der Waals surface area contributed by atoms with Crippen molar-refractivity contribution in [3.8, 4) is 17.2 Å². The number of nitrogens with zero attached hydrogens (tertiary/aromatic N) is 1. The predicted molar refractivity (Wildman–Crippen MR) is 118 cm³/mol. The molecule has 0 aliphatic carbocycles. The first-order chi connectivity index (χ1) is 15.0. The second kappa shape index (κ2) is 9.36. The molecule has 4 rings (SSSR count). The van der Waals surface area contributed by atoms with Gasteiger partial charge in [-0.1, -0.05) is 18.2 Å². The highest BCUT2D eigenvalue weighted by molar-refractivity contribution is 7.15. The van der Waals surface area contributed by atoms with E-state index in [2.05, 4.69) is 10.3 Å². The molecule has 1 aliphatic heterocycles. The third kappa shape index (κ3) is 5.15. The van der Waals surface area contributed by atoms with E-state index in [4.69, 9.17) is 18.9 Å². The van der Waals surface area contributed by atoms with Crippen LogP contribution in [0.3, 0.4) is 0 Å². The van der Waals surface area contributed by atoms with Gasteiger partial charge in [0.15, 0.2) is 16.6 Å². The number of carbonyl (C=O) groups excluding carboxylic acids is 1. The number of ether oxygens (including phenoxy) is 4. The van der Waals surface area contributed by atoms with E-state index in [1.807, 2.05) is 49.4 Å². The van der Waals surface area contributed by atoms with Gasteiger partial charge in [-0.05, 0) is 49.2 Å². The fourth-order valence-electron chi connectivity index (χ4n) is 3.15. The lowest BCUT2D eigenvalue weighted by Gasteiger charge is -2.12. The first kappa shape index (κ1) is 21.1. The molecule has 0 bridgehead atoms. The molecule has 2 aromatic carbocycles. The third-order valence-corrected chi connectivity index (χ3v) is 6.00. The van der Waals surface area contributed by atoms with Gasteiger partial charge in [-0.2, -0.15) is 0 Å². The number of fused-ring (bicyclic) bond motifs is 1. The van der Waals surface area contributed by atoms with Crippen molar-refractivity contribution in [2.45, 2.75) is 33.0 Å². The lowest BCUT2D eigenvalue weighted by Crippen LogP contribution is -2.27.